The van der Waals surface area contributed by atoms with Crippen molar-refractivity contribution in [3.63, 3.8) is 0 Å². The molecule has 0 aliphatic carbocycles. The predicted molar refractivity (Wildman–Crippen MR) is 73.2 cm³/mol. The van der Waals surface area contributed by atoms with E-state index < -0.39 is 48.4 Å². The Balaban J connectivity index is 1.93. The third-order valence-electron chi connectivity index (χ3n) is 3.88. The molecule has 0 bridgehead atoms. The molecule has 0 unspecified atom stereocenters. The molecule has 1 saturated heterocycles. The third-order valence-corrected chi connectivity index (χ3v) is 3.88. The van der Waals surface area contributed by atoms with Crippen molar-refractivity contribution in [2.24, 2.45) is 0 Å². The van der Waals surface area contributed by atoms with Gasteiger partial charge in [-0.25, -0.2) is 17.9 Å². The summed E-state index contributed by atoms with van der Waals surface area (Å²) in [7, 11) is 0. The van der Waals surface area contributed by atoms with Gasteiger partial charge in [-0.1, -0.05) is 5.21 Å². The fourth-order valence-corrected chi connectivity index (χ4v) is 2.62. The van der Waals surface area contributed by atoms with Crippen LogP contribution < -0.4 is 0 Å². The van der Waals surface area contributed by atoms with Crippen LogP contribution in [0.4, 0.5) is 13.2 Å². The molecule has 24 heavy (non-hydrogen) atoms. The maximum Gasteiger partial charge on any atom is 0.194 e. The second-order valence-corrected chi connectivity index (χ2v) is 5.44. The molecule has 0 saturated carbocycles. The zero-order valence-electron chi connectivity index (χ0n) is 12.2. The van der Waals surface area contributed by atoms with E-state index in [2.05, 4.69) is 10.3 Å². The molecule has 3 rings (SSSR count). The lowest BCUT2D eigenvalue weighted by atomic mass is 9.97. The molecule has 1 aromatic carbocycles. The third kappa shape index (κ3) is 2.88. The minimum absolute atomic E-state index is 0.0271. The molecule has 130 valence electrons. The summed E-state index contributed by atoms with van der Waals surface area (Å²) < 4.78 is 45.8. The maximum atomic E-state index is 13.3. The quantitative estimate of drug-likeness (QED) is 0.678. The number of ether oxygens (including phenoxy) is 1. The van der Waals surface area contributed by atoms with Gasteiger partial charge in [0.25, 0.3) is 0 Å². The fourth-order valence-electron chi connectivity index (χ4n) is 2.62. The van der Waals surface area contributed by atoms with Crippen LogP contribution in [-0.2, 0) is 4.74 Å². The maximum absolute atomic E-state index is 13.3. The van der Waals surface area contributed by atoms with E-state index >= 15 is 0 Å². The van der Waals surface area contributed by atoms with Crippen LogP contribution in [0.25, 0.3) is 11.3 Å². The highest BCUT2D eigenvalue weighted by atomic mass is 19.2. The molecule has 2 heterocycles. The van der Waals surface area contributed by atoms with Crippen molar-refractivity contribution >= 4 is 0 Å². The molecule has 1 aliphatic heterocycles. The first-order chi connectivity index (χ1) is 11.4. The van der Waals surface area contributed by atoms with Crippen molar-refractivity contribution in [1.29, 1.82) is 0 Å². The van der Waals surface area contributed by atoms with Crippen LogP contribution in [0.2, 0.25) is 0 Å². The Hall–Kier alpha value is -2.01. The van der Waals surface area contributed by atoms with E-state index in [0.717, 1.165) is 16.8 Å². The van der Waals surface area contributed by atoms with Crippen molar-refractivity contribution < 1.29 is 33.2 Å². The number of benzene rings is 1. The average molecular weight is 345 g/mol. The molecule has 1 aliphatic rings. The predicted octanol–water partition coefficient (Wildman–Crippen LogP) is 0.0164. The number of nitrogens with zero attached hydrogens (tertiary/aromatic N) is 3. The van der Waals surface area contributed by atoms with Crippen molar-refractivity contribution in [3.05, 3.63) is 35.8 Å². The lowest BCUT2D eigenvalue weighted by molar-refractivity contribution is -0.166. The molecule has 0 radical (unpaired) electrons. The van der Waals surface area contributed by atoms with Gasteiger partial charge in [-0.2, -0.15) is 0 Å². The van der Waals surface area contributed by atoms with Crippen LogP contribution in [0, 0.1) is 17.5 Å². The molecule has 0 amide bonds. The van der Waals surface area contributed by atoms with Gasteiger partial charge in [0.1, 0.15) is 30.0 Å². The van der Waals surface area contributed by atoms with Gasteiger partial charge in [0, 0.05) is 5.56 Å². The topological polar surface area (TPSA) is 101 Å². The summed E-state index contributed by atoms with van der Waals surface area (Å²) in [5.74, 6) is -4.33. The molecular weight excluding hydrogens is 331 g/mol. The van der Waals surface area contributed by atoms with Gasteiger partial charge in [0.15, 0.2) is 17.5 Å². The summed E-state index contributed by atoms with van der Waals surface area (Å²) in [6, 6.07) is 0.563. The average Bonchev–Trinajstić information content (AvgIpc) is 3.02. The number of aliphatic hydroxyl groups excluding tert-OH is 3. The van der Waals surface area contributed by atoms with E-state index in [1.165, 1.54) is 6.20 Å². The standard InChI is InChI=1S/C14H14F3N3O4/c15-7-1-6(2-8(16)12(7)17)9-3-20(19-18-9)13-10(22)5-24-11(4-21)14(13)23/h1-3,10-11,13-14,21-23H,4-5H2/t10-,11+,13-,14-/m0/s1. The van der Waals surface area contributed by atoms with Crippen molar-refractivity contribution in [3.8, 4) is 11.3 Å². The Morgan fingerprint density at radius 3 is 2.50 bits per heavy atom. The molecule has 4 atom stereocenters. The lowest BCUT2D eigenvalue weighted by Crippen LogP contribution is -2.51. The zero-order valence-corrected chi connectivity index (χ0v) is 12.2. The molecule has 7 nitrogen and oxygen atoms in total. The summed E-state index contributed by atoms with van der Waals surface area (Å²) in [6.07, 6.45) is -2.05. The number of aliphatic hydroxyl groups is 3. The van der Waals surface area contributed by atoms with Gasteiger partial charge >= 0.3 is 0 Å². The Bertz CT molecular complexity index is 719. The minimum atomic E-state index is -1.59. The van der Waals surface area contributed by atoms with Gasteiger partial charge in [0.05, 0.1) is 19.4 Å². The van der Waals surface area contributed by atoms with Crippen molar-refractivity contribution in [2.75, 3.05) is 13.2 Å². The Morgan fingerprint density at radius 2 is 1.88 bits per heavy atom. The normalized spacial score (nSPS) is 27.4. The Kier molecular flexibility index (Phi) is 4.54. The van der Waals surface area contributed by atoms with Gasteiger partial charge < -0.3 is 20.1 Å². The summed E-state index contributed by atoms with van der Waals surface area (Å²) in [5, 5.41) is 36.8. The van der Waals surface area contributed by atoms with Gasteiger partial charge in [-0.05, 0) is 12.1 Å². The largest absolute Gasteiger partial charge is 0.394 e. The van der Waals surface area contributed by atoms with Crippen molar-refractivity contribution in [2.45, 2.75) is 24.4 Å². The smallest absolute Gasteiger partial charge is 0.194 e. The van der Waals surface area contributed by atoms with Gasteiger partial charge in [-0.15, -0.1) is 5.10 Å². The molecular formula is C14H14F3N3O4. The summed E-state index contributed by atoms with van der Waals surface area (Å²) >= 11 is 0. The Labute approximate surface area is 133 Å². The first-order valence-electron chi connectivity index (χ1n) is 7.07. The number of aromatic nitrogens is 3. The summed E-state index contributed by atoms with van der Waals surface area (Å²) in [5.41, 5.74) is -0.0216. The number of halogens is 3. The zero-order chi connectivity index (χ0) is 17.4. The first-order valence-corrected chi connectivity index (χ1v) is 7.07. The number of hydrogen-bond acceptors (Lipinski definition) is 6. The molecule has 0 spiro atoms. The minimum Gasteiger partial charge on any atom is -0.394 e. The van der Waals surface area contributed by atoms with Crippen LogP contribution in [-0.4, -0.2) is 61.8 Å². The van der Waals surface area contributed by atoms with Crippen LogP contribution in [0.1, 0.15) is 6.04 Å². The Morgan fingerprint density at radius 1 is 1.21 bits per heavy atom. The van der Waals surface area contributed by atoms with Crippen molar-refractivity contribution in [1.82, 2.24) is 15.0 Å². The first kappa shape index (κ1) is 16.8. The molecule has 1 aromatic heterocycles. The van der Waals surface area contributed by atoms with Crippen LogP contribution in [0.15, 0.2) is 18.3 Å². The van der Waals surface area contributed by atoms with Gasteiger partial charge in [-0.3, -0.25) is 0 Å². The van der Waals surface area contributed by atoms with E-state index in [4.69, 9.17) is 9.84 Å². The second kappa shape index (κ2) is 6.48. The SMILES string of the molecule is OC[C@H]1OC[C@H](O)[C@H](n2cc(-c3cc(F)c(F)c(F)c3)nn2)[C@H]1O. The van der Waals surface area contributed by atoms with E-state index in [1.807, 2.05) is 0 Å². The second-order valence-electron chi connectivity index (χ2n) is 5.44. The highest BCUT2D eigenvalue weighted by Crippen LogP contribution is 2.28. The molecule has 10 heteroatoms. The van der Waals surface area contributed by atoms with Gasteiger partial charge in [0.2, 0.25) is 0 Å². The van der Waals surface area contributed by atoms with E-state index in [9.17, 15) is 23.4 Å². The number of rotatable bonds is 3. The highest BCUT2D eigenvalue weighted by molar-refractivity contribution is 5.57. The summed E-state index contributed by atoms with van der Waals surface area (Å²) in [6.45, 7) is -0.595. The van der Waals surface area contributed by atoms with E-state index in [-0.39, 0.29) is 17.9 Å². The number of hydrogen-bond donors (Lipinski definition) is 3. The van der Waals surface area contributed by atoms with E-state index in [0.29, 0.717) is 0 Å². The van der Waals surface area contributed by atoms with Crippen LogP contribution in [0.5, 0.6) is 0 Å². The monoisotopic (exact) mass is 345 g/mol. The highest BCUT2D eigenvalue weighted by Gasteiger charge is 2.40. The van der Waals surface area contributed by atoms with E-state index in [1.54, 1.807) is 0 Å². The molecule has 2 aromatic rings. The fraction of sp³-hybridized carbons (Fsp3) is 0.429. The summed E-state index contributed by atoms with van der Waals surface area (Å²) in [4.78, 5) is 0. The van der Waals surface area contributed by atoms with Crippen LogP contribution in [0.3, 0.4) is 0 Å². The molecule has 3 N–H and O–H groups in total. The van der Waals surface area contributed by atoms with Crippen LogP contribution >= 0.6 is 0 Å². The lowest BCUT2D eigenvalue weighted by Gasteiger charge is -2.36. The molecule has 1 fully saturated rings.